The molecule has 3 rings (SSSR count). The highest BCUT2D eigenvalue weighted by molar-refractivity contribution is 5.34. The van der Waals surface area contributed by atoms with Gasteiger partial charge in [-0.25, -0.2) is 0 Å². The van der Waals surface area contributed by atoms with Crippen LogP contribution < -0.4 is 10.2 Å². The maximum Gasteiger partial charge on any atom is 0.227 e. The summed E-state index contributed by atoms with van der Waals surface area (Å²) >= 11 is 0. The summed E-state index contributed by atoms with van der Waals surface area (Å²) in [5, 5.41) is 10.6. The van der Waals surface area contributed by atoms with E-state index in [-0.39, 0.29) is 23.5 Å². The first-order valence-electron chi connectivity index (χ1n) is 7.68. The summed E-state index contributed by atoms with van der Waals surface area (Å²) in [6.45, 7) is 2.19. The molecule has 122 valence electrons. The number of rotatable bonds is 5. The third kappa shape index (κ3) is 3.55. The van der Waals surface area contributed by atoms with Gasteiger partial charge in [0.15, 0.2) is 5.76 Å². The first kappa shape index (κ1) is 16.0. The van der Waals surface area contributed by atoms with Crippen molar-refractivity contribution in [3.8, 4) is 5.75 Å². The first-order valence-corrected chi connectivity index (χ1v) is 7.68. The molecule has 3 aromatic rings. The third-order valence-corrected chi connectivity index (χ3v) is 3.73. The predicted octanol–water partition coefficient (Wildman–Crippen LogP) is 3.61. The lowest BCUT2D eigenvalue weighted by Gasteiger charge is -2.14. The fourth-order valence-corrected chi connectivity index (χ4v) is 2.38. The van der Waals surface area contributed by atoms with Crippen molar-refractivity contribution >= 4 is 0 Å². The summed E-state index contributed by atoms with van der Waals surface area (Å²) in [6.07, 6.45) is 0.204. The summed E-state index contributed by atoms with van der Waals surface area (Å²) in [7, 11) is 0. The van der Waals surface area contributed by atoms with Crippen molar-refractivity contribution in [1.29, 1.82) is 0 Å². The van der Waals surface area contributed by atoms with Gasteiger partial charge < -0.3 is 14.3 Å². The molecule has 0 radical (unpaired) electrons. The Kier molecular flexibility index (Phi) is 4.77. The Morgan fingerprint density at radius 2 is 1.75 bits per heavy atom. The molecule has 0 aliphatic carbocycles. The number of benzene rings is 2. The summed E-state index contributed by atoms with van der Waals surface area (Å²) in [4.78, 5) is 12.2. The van der Waals surface area contributed by atoms with Crippen LogP contribution in [0.1, 0.15) is 28.6 Å². The molecule has 0 fully saturated rings. The molecule has 0 aliphatic rings. The minimum Gasteiger partial charge on any atom is -0.482 e. The summed E-state index contributed by atoms with van der Waals surface area (Å²) < 4.78 is 11.1. The molecule has 0 amide bonds. The Labute approximate surface area is 140 Å². The van der Waals surface area contributed by atoms with Crippen LogP contribution in [0.3, 0.4) is 0 Å². The lowest BCUT2D eigenvalue weighted by molar-refractivity contribution is 0.171. The molecule has 0 aliphatic heterocycles. The molecular weight excluding hydrogens is 304 g/mol. The summed E-state index contributed by atoms with van der Waals surface area (Å²) in [5.41, 5.74) is 2.33. The van der Waals surface area contributed by atoms with Crippen molar-refractivity contribution in [3.05, 3.63) is 99.6 Å². The highest BCUT2D eigenvalue weighted by Crippen LogP contribution is 2.28. The Bertz CT molecular complexity index is 851. The fraction of sp³-hybridized carbons (Fsp3) is 0.150. The van der Waals surface area contributed by atoms with E-state index in [4.69, 9.17) is 9.15 Å². The Hall–Kier alpha value is -2.85. The van der Waals surface area contributed by atoms with Crippen LogP contribution in [-0.4, -0.2) is 5.11 Å². The molecule has 0 spiro atoms. The first-order chi connectivity index (χ1) is 11.6. The van der Waals surface area contributed by atoms with Gasteiger partial charge in [0.2, 0.25) is 11.2 Å². The van der Waals surface area contributed by atoms with Crippen molar-refractivity contribution in [1.82, 2.24) is 0 Å². The minimum absolute atomic E-state index is 0.0365. The smallest absolute Gasteiger partial charge is 0.227 e. The molecule has 4 nitrogen and oxygen atoms in total. The molecule has 1 unspecified atom stereocenters. The quantitative estimate of drug-likeness (QED) is 0.779. The van der Waals surface area contributed by atoms with Crippen molar-refractivity contribution in [2.45, 2.75) is 19.6 Å². The van der Waals surface area contributed by atoms with Gasteiger partial charge in [0.25, 0.3) is 0 Å². The average molecular weight is 322 g/mol. The topological polar surface area (TPSA) is 59.7 Å². The normalized spacial score (nSPS) is 11.9. The van der Waals surface area contributed by atoms with E-state index in [0.29, 0.717) is 5.56 Å². The summed E-state index contributed by atoms with van der Waals surface area (Å²) in [6, 6.07) is 18.2. The zero-order chi connectivity index (χ0) is 16.9. The van der Waals surface area contributed by atoms with E-state index in [1.807, 2.05) is 49.4 Å². The van der Waals surface area contributed by atoms with Gasteiger partial charge >= 0.3 is 0 Å². The van der Waals surface area contributed by atoms with Crippen molar-refractivity contribution in [2.75, 3.05) is 0 Å². The van der Waals surface area contributed by atoms with Gasteiger partial charge in [-0.15, -0.1) is 0 Å². The van der Waals surface area contributed by atoms with Gasteiger partial charge in [0, 0.05) is 6.07 Å². The van der Waals surface area contributed by atoms with Gasteiger partial charge in [0.05, 0.1) is 6.26 Å². The Balaban J connectivity index is 1.89. The fourth-order valence-electron chi connectivity index (χ4n) is 2.38. The maximum atomic E-state index is 12.2. The van der Waals surface area contributed by atoms with Crippen molar-refractivity contribution in [2.24, 2.45) is 0 Å². The Morgan fingerprint density at radius 3 is 2.46 bits per heavy atom. The number of ether oxygens (including phenoxy) is 1. The largest absolute Gasteiger partial charge is 0.482 e. The van der Waals surface area contributed by atoms with Crippen LogP contribution in [0.25, 0.3) is 0 Å². The second-order valence-corrected chi connectivity index (χ2v) is 5.57. The molecule has 0 saturated heterocycles. The summed E-state index contributed by atoms with van der Waals surface area (Å²) in [5.74, 6) is 0.150. The number of hydrogen-bond donors (Lipinski definition) is 1. The molecule has 1 aromatic heterocycles. The SMILES string of the molecule is Cc1ccc(C(O)c2occc(=O)c2OCc2ccccc2)cc1. The standard InChI is InChI=1S/C20H18O4/c1-14-7-9-16(10-8-14)18(22)20-19(17(21)11-12-23-20)24-13-15-5-3-2-4-6-15/h2-12,18,22H,13H2,1H3. The second-order valence-electron chi connectivity index (χ2n) is 5.57. The molecule has 4 heteroatoms. The molecule has 2 aromatic carbocycles. The molecule has 1 atom stereocenters. The number of aliphatic hydroxyl groups is 1. The van der Waals surface area contributed by atoms with Gasteiger partial charge in [-0.05, 0) is 18.1 Å². The molecular formula is C20H18O4. The van der Waals surface area contributed by atoms with Crippen LogP contribution in [0.5, 0.6) is 5.75 Å². The monoisotopic (exact) mass is 322 g/mol. The minimum atomic E-state index is -1.06. The van der Waals surface area contributed by atoms with Crippen LogP contribution in [0.2, 0.25) is 0 Å². The molecule has 0 saturated carbocycles. The highest BCUT2D eigenvalue weighted by atomic mass is 16.5. The molecule has 1 N–H and O–H groups in total. The van der Waals surface area contributed by atoms with E-state index in [2.05, 4.69) is 0 Å². The number of aliphatic hydroxyl groups excluding tert-OH is 1. The number of hydrogen-bond acceptors (Lipinski definition) is 4. The predicted molar refractivity (Wildman–Crippen MR) is 91.0 cm³/mol. The van der Waals surface area contributed by atoms with Crippen LogP contribution in [0.4, 0.5) is 0 Å². The maximum absolute atomic E-state index is 12.2. The van der Waals surface area contributed by atoms with Gasteiger partial charge in [-0.2, -0.15) is 0 Å². The van der Waals surface area contributed by atoms with E-state index >= 15 is 0 Å². The van der Waals surface area contributed by atoms with Crippen LogP contribution >= 0.6 is 0 Å². The lowest BCUT2D eigenvalue weighted by Crippen LogP contribution is -2.12. The van der Waals surface area contributed by atoms with Crippen molar-refractivity contribution in [3.63, 3.8) is 0 Å². The van der Waals surface area contributed by atoms with E-state index in [9.17, 15) is 9.90 Å². The second kappa shape index (κ2) is 7.15. The van der Waals surface area contributed by atoms with E-state index in [1.165, 1.54) is 12.3 Å². The highest BCUT2D eigenvalue weighted by Gasteiger charge is 2.21. The Morgan fingerprint density at radius 1 is 1.04 bits per heavy atom. The lowest BCUT2D eigenvalue weighted by atomic mass is 10.0. The molecule has 24 heavy (non-hydrogen) atoms. The number of aryl methyl sites for hydroxylation is 1. The van der Waals surface area contributed by atoms with Crippen molar-refractivity contribution < 1.29 is 14.3 Å². The zero-order valence-electron chi connectivity index (χ0n) is 13.3. The van der Waals surface area contributed by atoms with Gasteiger partial charge in [-0.3, -0.25) is 4.79 Å². The third-order valence-electron chi connectivity index (χ3n) is 3.73. The van der Waals surface area contributed by atoms with Crippen LogP contribution in [-0.2, 0) is 6.61 Å². The average Bonchev–Trinajstić information content (AvgIpc) is 2.61. The van der Waals surface area contributed by atoms with Gasteiger partial charge in [0.1, 0.15) is 12.7 Å². The van der Waals surface area contributed by atoms with Gasteiger partial charge in [-0.1, -0.05) is 60.2 Å². The van der Waals surface area contributed by atoms with E-state index in [0.717, 1.165) is 11.1 Å². The van der Waals surface area contributed by atoms with E-state index < -0.39 is 6.10 Å². The molecule has 0 bridgehead atoms. The molecule has 1 heterocycles. The van der Waals surface area contributed by atoms with Crippen LogP contribution in [0.15, 0.2) is 76.1 Å². The zero-order valence-corrected chi connectivity index (χ0v) is 13.3. The van der Waals surface area contributed by atoms with E-state index in [1.54, 1.807) is 12.1 Å². The van der Waals surface area contributed by atoms with Crippen LogP contribution in [0, 0.1) is 6.92 Å².